The molecule has 0 aliphatic rings. The summed E-state index contributed by atoms with van der Waals surface area (Å²) in [5, 5.41) is 3.38. The molecule has 1 heterocycles. The minimum Gasteiger partial charge on any atom is -0.377 e. The first-order valence-electron chi connectivity index (χ1n) is 7.40. The van der Waals surface area contributed by atoms with E-state index in [0.717, 1.165) is 30.8 Å². The van der Waals surface area contributed by atoms with Crippen LogP contribution in [0.5, 0.6) is 0 Å². The van der Waals surface area contributed by atoms with Crippen molar-refractivity contribution in [1.29, 1.82) is 0 Å². The van der Waals surface area contributed by atoms with Gasteiger partial charge in [-0.05, 0) is 32.5 Å². The second-order valence-corrected chi connectivity index (χ2v) is 5.08. The van der Waals surface area contributed by atoms with Gasteiger partial charge < -0.3 is 14.6 Å². The van der Waals surface area contributed by atoms with Gasteiger partial charge in [0, 0.05) is 26.1 Å². The molecule has 0 radical (unpaired) electrons. The molecule has 1 aromatic carbocycles. The summed E-state index contributed by atoms with van der Waals surface area (Å²) in [7, 11) is 4.08. The van der Waals surface area contributed by atoms with Gasteiger partial charge in [0.05, 0.1) is 17.1 Å². The van der Waals surface area contributed by atoms with Crippen LogP contribution in [0, 0.1) is 0 Å². The average molecular weight is 275 g/mol. The molecular weight excluding hydrogens is 250 g/mol. The number of likely N-dealkylation sites (N-methyl/N-ethyl adjacent to an activating group) is 1. The lowest BCUT2D eigenvalue weighted by Gasteiger charge is -2.25. The van der Waals surface area contributed by atoms with Gasteiger partial charge in [0.1, 0.15) is 5.82 Å². The van der Waals surface area contributed by atoms with Crippen LogP contribution in [-0.4, -0.2) is 35.4 Å². The van der Waals surface area contributed by atoms with Crippen LogP contribution in [-0.2, 0) is 18.2 Å². The Hall–Kier alpha value is -1.39. The lowest BCUT2D eigenvalue weighted by atomic mass is 10.0. The molecule has 2 aromatic rings. The van der Waals surface area contributed by atoms with Crippen LogP contribution in [0.3, 0.4) is 0 Å². The summed E-state index contributed by atoms with van der Waals surface area (Å²) in [6.07, 6.45) is 2.11. The van der Waals surface area contributed by atoms with Gasteiger partial charge >= 0.3 is 0 Å². The van der Waals surface area contributed by atoms with E-state index in [4.69, 9.17) is 9.72 Å². The van der Waals surface area contributed by atoms with Crippen molar-refractivity contribution in [3.63, 3.8) is 0 Å². The summed E-state index contributed by atoms with van der Waals surface area (Å²) in [4.78, 5) is 4.74. The van der Waals surface area contributed by atoms with Crippen molar-refractivity contribution in [1.82, 2.24) is 14.9 Å². The van der Waals surface area contributed by atoms with E-state index in [1.807, 2.05) is 20.0 Å². The molecule has 4 nitrogen and oxygen atoms in total. The maximum absolute atomic E-state index is 5.83. The first kappa shape index (κ1) is 15.0. The van der Waals surface area contributed by atoms with Crippen LogP contribution >= 0.6 is 0 Å². The number of nitrogens with zero attached hydrogens (tertiary/aromatic N) is 2. The second-order valence-electron chi connectivity index (χ2n) is 5.08. The fraction of sp³-hybridized carbons (Fsp3) is 0.562. The number of aromatic nitrogens is 2. The molecule has 0 amide bonds. The second kappa shape index (κ2) is 6.86. The third kappa shape index (κ3) is 3.02. The van der Waals surface area contributed by atoms with Crippen molar-refractivity contribution < 1.29 is 4.74 Å². The highest BCUT2D eigenvalue weighted by atomic mass is 16.5. The molecular formula is C16H25N3O. The number of rotatable bonds is 7. The molecule has 1 N–H and O–H groups in total. The van der Waals surface area contributed by atoms with E-state index in [1.165, 1.54) is 5.52 Å². The third-order valence-corrected chi connectivity index (χ3v) is 3.88. The number of hydrogen-bond donors (Lipinski definition) is 1. The van der Waals surface area contributed by atoms with Crippen molar-refractivity contribution in [3.05, 3.63) is 30.1 Å². The van der Waals surface area contributed by atoms with Crippen molar-refractivity contribution in [2.75, 3.05) is 13.7 Å². The molecule has 4 heteroatoms. The molecule has 2 rings (SSSR count). The molecule has 20 heavy (non-hydrogen) atoms. The number of para-hydroxylation sites is 2. The lowest BCUT2D eigenvalue weighted by Crippen LogP contribution is -2.41. The van der Waals surface area contributed by atoms with Gasteiger partial charge in [0.2, 0.25) is 0 Å². The van der Waals surface area contributed by atoms with Gasteiger partial charge in [-0.15, -0.1) is 0 Å². The van der Waals surface area contributed by atoms with E-state index in [0.29, 0.717) is 0 Å². The van der Waals surface area contributed by atoms with E-state index in [1.54, 1.807) is 0 Å². The van der Waals surface area contributed by atoms with E-state index >= 15 is 0 Å². The maximum atomic E-state index is 5.83. The van der Waals surface area contributed by atoms with Crippen molar-refractivity contribution in [3.8, 4) is 0 Å². The molecule has 0 saturated carbocycles. The number of fused-ring (bicyclic) bond motifs is 1. The van der Waals surface area contributed by atoms with Crippen molar-refractivity contribution in [2.45, 2.75) is 38.8 Å². The standard InChI is InChI=1S/C16H25N3O/c1-5-15(20-6-2)13(17-3)11-16-18-12-9-7-8-10-14(12)19(16)4/h7-10,13,15,17H,5-6,11H2,1-4H3. The van der Waals surface area contributed by atoms with Gasteiger partial charge in [-0.1, -0.05) is 19.1 Å². The number of aryl methyl sites for hydroxylation is 1. The van der Waals surface area contributed by atoms with Crippen LogP contribution in [0.15, 0.2) is 24.3 Å². The number of benzene rings is 1. The lowest BCUT2D eigenvalue weighted by molar-refractivity contribution is 0.0333. The highest BCUT2D eigenvalue weighted by Gasteiger charge is 2.21. The third-order valence-electron chi connectivity index (χ3n) is 3.88. The number of nitrogens with one attached hydrogen (secondary N) is 1. The summed E-state index contributed by atoms with van der Waals surface area (Å²) < 4.78 is 8.01. The Morgan fingerprint density at radius 3 is 2.65 bits per heavy atom. The van der Waals surface area contributed by atoms with Gasteiger partial charge in [-0.3, -0.25) is 0 Å². The zero-order chi connectivity index (χ0) is 14.5. The average Bonchev–Trinajstić information content (AvgIpc) is 2.79. The Kier molecular flexibility index (Phi) is 5.15. The fourth-order valence-corrected chi connectivity index (χ4v) is 2.73. The number of imidazole rings is 1. The molecule has 0 spiro atoms. The van der Waals surface area contributed by atoms with Crippen LogP contribution < -0.4 is 5.32 Å². The monoisotopic (exact) mass is 275 g/mol. The van der Waals surface area contributed by atoms with Crippen LogP contribution in [0.4, 0.5) is 0 Å². The minimum atomic E-state index is 0.227. The molecule has 1 aromatic heterocycles. The highest BCUT2D eigenvalue weighted by molar-refractivity contribution is 5.75. The SMILES string of the molecule is CCOC(CC)C(Cc1nc2ccccc2n1C)NC. The maximum Gasteiger partial charge on any atom is 0.111 e. The molecule has 110 valence electrons. The van der Waals surface area contributed by atoms with Gasteiger partial charge in [-0.2, -0.15) is 0 Å². The quantitative estimate of drug-likeness (QED) is 0.844. The van der Waals surface area contributed by atoms with E-state index in [2.05, 4.69) is 42.1 Å². The first-order chi connectivity index (χ1) is 9.71. The molecule has 0 saturated heterocycles. The fourth-order valence-electron chi connectivity index (χ4n) is 2.73. The molecule has 0 fully saturated rings. The summed E-state index contributed by atoms with van der Waals surface area (Å²) in [5.74, 6) is 1.10. The summed E-state index contributed by atoms with van der Waals surface area (Å²) in [6, 6.07) is 8.55. The topological polar surface area (TPSA) is 39.1 Å². The van der Waals surface area contributed by atoms with Crippen LogP contribution in [0.2, 0.25) is 0 Å². The molecule has 0 bridgehead atoms. The molecule has 0 aliphatic heterocycles. The van der Waals surface area contributed by atoms with Crippen LogP contribution in [0.1, 0.15) is 26.1 Å². The summed E-state index contributed by atoms with van der Waals surface area (Å²) in [6.45, 7) is 4.96. The highest BCUT2D eigenvalue weighted by Crippen LogP contribution is 2.17. The molecule has 2 unspecified atom stereocenters. The first-order valence-corrected chi connectivity index (χ1v) is 7.40. The van der Waals surface area contributed by atoms with Gasteiger partial charge in [0.15, 0.2) is 0 Å². The Balaban J connectivity index is 2.22. The van der Waals surface area contributed by atoms with Crippen molar-refractivity contribution in [2.24, 2.45) is 7.05 Å². The number of ether oxygens (including phenoxy) is 1. The van der Waals surface area contributed by atoms with Crippen LogP contribution in [0.25, 0.3) is 11.0 Å². The van der Waals surface area contributed by atoms with E-state index < -0.39 is 0 Å². The molecule has 2 atom stereocenters. The Labute approximate surface area is 121 Å². The minimum absolute atomic E-state index is 0.227. The summed E-state index contributed by atoms with van der Waals surface area (Å²) in [5.41, 5.74) is 2.24. The number of hydrogen-bond acceptors (Lipinski definition) is 3. The largest absolute Gasteiger partial charge is 0.377 e. The van der Waals surface area contributed by atoms with E-state index in [-0.39, 0.29) is 12.1 Å². The zero-order valence-electron chi connectivity index (χ0n) is 12.9. The Morgan fingerprint density at radius 1 is 1.30 bits per heavy atom. The van der Waals surface area contributed by atoms with Gasteiger partial charge in [-0.25, -0.2) is 4.98 Å². The normalized spacial score (nSPS) is 14.6. The van der Waals surface area contributed by atoms with E-state index in [9.17, 15) is 0 Å². The smallest absolute Gasteiger partial charge is 0.111 e. The Bertz CT molecular complexity index is 550. The predicted octanol–water partition coefficient (Wildman–Crippen LogP) is 2.52. The van der Waals surface area contributed by atoms with Crippen molar-refractivity contribution >= 4 is 11.0 Å². The zero-order valence-corrected chi connectivity index (χ0v) is 12.9. The summed E-state index contributed by atoms with van der Waals surface area (Å²) >= 11 is 0. The van der Waals surface area contributed by atoms with Gasteiger partial charge in [0.25, 0.3) is 0 Å². The predicted molar refractivity (Wildman–Crippen MR) is 83.0 cm³/mol. The molecule has 0 aliphatic carbocycles. The Morgan fingerprint density at radius 2 is 2.05 bits per heavy atom.